The van der Waals surface area contributed by atoms with Gasteiger partial charge in [-0.15, -0.1) is 0 Å². The first-order valence-corrected chi connectivity index (χ1v) is 28.8. The van der Waals surface area contributed by atoms with Crippen LogP contribution in [0.3, 0.4) is 0 Å². The van der Waals surface area contributed by atoms with Crippen molar-refractivity contribution in [1.29, 1.82) is 0 Å². The second-order valence-corrected chi connectivity index (χ2v) is 19.6. The van der Waals surface area contributed by atoms with Crippen LogP contribution in [-0.4, -0.2) is 37.2 Å². The van der Waals surface area contributed by atoms with E-state index in [-0.39, 0.29) is 31.1 Å². The lowest BCUT2D eigenvalue weighted by molar-refractivity contribution is -0.167. The molecule has 0 amide bonds. The number of ether oxygens (including phenoxy) is 3. The Morgan fingerprint density at radius 2 is 0.508 bits per heavy atom. The van der Waals surface area contributed by atoms with Gasteiger partial charge in [-0.1, -0.05) is 251 Å². The van der Waals surface area contributed by atoms with Gasteiger partial charge in [0.2, 0.25) is 0 Å². The number of allylic oxidation sites excluding steroid dienone is 4. The molecule has 6 nitrogen and oxygen atoms in total. The Morgan fingerprint density at radius 1 is 0.292 bits per heavy atom. The van der Waals surface area contributed by atoms with Gasteiger partial charge < -0.3 is 14.2 Å². The number of unbranched alkanes of at least 4 members (excludes halogenated alkanes) is 38. The van der Waals surface area contributed by atoms with Crippen molar-refractivity contribution in [3.63, 3.8) is 0 Å². The van der Waals surface area contributed by atoms with Gasteiger partial charge in [0.15, 0.2) is 6.10 Å². The monoisotopic (exact) mass is 915 g/mol. The quantitative estimate of drug-likeness (QED) is 0.0262. The lowest BCUT2D eigenvalue weighted by atomic mass is 10.0. The summed E-state index contributed by atoms with van der Waals surface area (Å²) in [6.07, 6.45) is 63.1. The summed E-state index contributed by atoms with van der Waals surface area (Å²) < 4.78 is 16.9. The van der Waals surface area contributed by atoms with Crippen LogP contribution in [-0.2, 0) is 28.6 Å². The SMILES string of the molecule is CCCCCC/C=C/CCCCCCCCCC(=O)O[C@H](COC(=O)CCCCCCC/C=C/CCCCCC)COC(=O)CCCCCCCCCCCCCCCCCCCCC. The van der Waals surface area contributed by atoms with Crippen LogP contribution in [0.4, 0.5) is 0 Å². The Kier molecular flexibility index (Phi) is 52.7. The van der Waals surface area contributed by atoms with Gasteiger partial charge in [-0.25, -0.2) is 0 Å². The largest absolute Gasteiger partial charge is 0.462 e. The van der Waals surface area contributed by atoms with Gasteiger partial charge in [-0.3, -0.25) is 14.4 Å². The summed E-state index contributed by atoms with van der Waals surface area (Å²) in [7, 11) is 0. The predicted molar refractivity (Wildman–Crippen MR) is 279 cm³/mol. The van der Waals surface area contributed by atoms with E-state index in [1.54, 1.807) is 0 Å². The van der Waals surface area contributed by atoms with Crippen LogP contribution in [0.2, 0.25) is 0 Å². The maximum Gasteiger partial charge on any atom is 0.306 e. The Labute approximate surface area is 404 Å². The predicted octanol–water partition coefficient (Wildman–Crippen LogP) is 19.1. The highest BCUT2D eigenvalue weighted by Crippen LogP contribution is 2.17. The van der Waals surface area contributed by atoms with E-state index < -0.39 is 6.10 Å². The Balaban J connectivity index is 4.31. The fraction of sp³-hybridized carbons (Fsp3) is 0.881. The molecule has 0 aromatic carbocycles. The van der Waals surface area contributed by atoms with Crippen LogP contribution < -0.4 is 0 Å². The third-order valence-electron chi connectivity index (χ3n) is 12.9. The van der Waals surface area contributed by atoms with Crippen LogP contribution in [0.1, 0.15) is 316 Å². The maximum atomic E-state index is 12.8. The summed E-state index contributed by atoms with van der Waals surface area (Å²) in [5.41, 5.74) is 0. The molecule has 0 N–H and O–H groups in total. The summed E-state index contributed by atoms with van der Waals surface area (Å²) >= 11 is 0. The molecule has 0 aliphatic rings. The minimum Gasteiger partial charge on any atom is -0.462 e. The van der Waals surface area contributed by atoms with Crippen LogP contribution in [0, 0.1) is 0 Å². The van der Waals surface area contributed by atoms with E-state index >= 15 is 0 Å². The molecule has 0 bridgehead atoms. The third kappa shape index (κ3) is 52.7. The van der Waals surface area contributed by atoms with Crippen molar-refractivity contribution in [2.24, 2.45) is 0 Å². The molecule has 0 heterocycles. The van der Waals surface area contributed by atoms with Gasteiger partial charge in [0.05, 0.1) is 0 Å². The number of carbonyl (C=O) groups is 3. The molecule has 0 saturated heterocycles. The molecule has 6 heteroatoms. The van der Waals surface area contributed by atoms with Gasteiger partial charge in [0, 0.05) is 19.3 Å². The lowest BCUT2D eigenvalue weighted by Gasteiger charge is -2.18. The first-order chi connectivity index (χ1) is 32.0. The average Bonchev–Trinajstić information content (AvgIpc) is 3.30. The van der Waals surface area contributed by atoms with Crippen molar-refractivity contribution in [2.75, 3.05) is 13.2 Å². The van der Waals surface area contributed by atoms with Gasteiger partial charge in [-0.2, -0.15) is 0 Å². The standard InChI is InChI=1S/C59H110O6/c1-4-7-10-13-16-19-22-25-27-28-29-30-32-34-37-40-43-46-49-52-58(61)64-55-56(54-63-57(60)51-48-45-42-39-36-33-24-21-18-15-12-9-6-3)65-59(62)53-50-47-44-41-38-35-31-26-23-20-17-14-11-8-5-2/h20-21,23-24,56H,4-19,22,25-55H2,1-3H3/b23-20+,24-21+/t56-/m1/s1. The van der Waals surface area contributed by atoms with E-state index in [4.69, 9.17) is 14.2 Å². The van der Waals surface area contributed by atoms with Crippen LogP contribution in [0.25, 0.3) is 0 Å². The zero-order valence-corrected chi connectivity index (χ0v) is 43.8. The Bertz CT molecular complexity index is 1050. The van der Waals surface area contributed by atoms with Gasteiger partial charge in [-0.05, 0) is 70.6 Å². The first kappa shape index (κ1) is 62.9. The number of rotatable bonds is 53. The van der Waals surface area contributed by atoms with E-state index in [9.17, 15) is 14.4 Å². The fourth-order valence-corrected chi connectivity index (χ4v) is 8.55. The highest BCUT2D eigenvalue weighted by atomic mass is 16.6. The molecule has 0 aliphatic heterocycles. The molecule has 0 rings (SSSR count). The van der Waals surface area contributed by atoms with Crippen LogP contribution in [0.15, 0.2) is 24.3 Å². The molecule has 382 valence electrons. The number of hydrogen-bond donors (Lipinski definition) is 0. The lowest BCUT2D eigenvalue weighted by Crippen LogP contribution is -2.30. The molecular weight excluding hydrogens is 805 g/mol. The summed E-state index contributed by atoms with van der Waals surface area (Å²) in [6, 6.07) is 0. The van der Waals surface area contributed by atoms with Crippen molar-refractivity contribution < 1.29 is 28.6 Å². The van der Waals surface area contributed by atoms with Crippen LogP contribution >= 0.6 is 0 Å². The molecule has 0 saturated carbocycles. The number of esters is 3. The summed E-state index contributed by atoms with van der Waals surface area (Å²) in [4.78, 5) is 38.1. The second kappa shape index (κ2) is 54.5. The van der Waals surface area contributed by atoms with Gasteiger partial charge >= 0.3 is 17.9 Å². The molecule has 0 fully saturated rings. The molecule has 0 radical (unpaired) electrons. The second-order valence-electron chi connectivity index (χ2n) is 19.6. The molecule has 0 spiro atoms. The smallest absolute Gasteiger partial charge is 0.306 e. The maximum absolute atomic E-state index is 12.8. The van der Waals surface area contributed by atoms with Gasteiger partial charge in [0.25, 0.3) is 0 Å². The van der Waals surface area contributed by atoms with Crippen molar-refractivity contribution >= 4 is 17.9 Å². The van der Waals surface area contributed by atoms with Crippen molar-refractivity contribution in [3.05, 3.63) is 24.3 Å². The van der Waals surface area contributed by atoms with Crippen molar-refractivity contribution in [2.45, 2.75) is 322 Å². The first-order valence-electron chi connectivity index (χ1n) is 28.8. The summed E-state index contributed by atoms with van der Waals surface area (Å²) in [5, 5.41) is 0. The zero-order valence-electron chi connectivity index (χ0n) is 43.8. The number of hydrogen-bond acceptors (Lipinski definition) is 6. The van der Waals surface area contributed by atoms with Gasteiger partial charge in [0.1, 0.15) is 13.2 Å². The normalized spacial score (nSPS) is 12.1. The highest BCUT2D eigenvalue weighted by Gasteiger charge is 2.19. The fourth-order valence-electron chi connectivity index (χ4n) is 8.55. The highest BCUT2D eigenvalue weighted by molar-refractivity contribution is 5.71. The molecule has 0 aliphatic carbocycles. The zero-order chi connectivity index (χ0) is 47.2. The van der Waals surface area contributed by atoms with E-state index in [1.807, 2.05) is 0 Å². The minimum absolute atomic E-state index is 0.0712. The minimum atomic E-state index is -0.773. The molecule has 0 aromatic rings. The average molecular weight is 916 g/mol. The summed E-state index contributed by atoms with van der Waals surface area (Å²) in [5.74, 6) is -0.866. The van der Waals surface area contributed by atoms with E-state index in [0.717, 1.165) is 64.2 Å². The molecule has 65 heavy (non-hydrogen) atoms. The van der Waals surface area contributed by atoms with Crippen molar-refractivity contribution in [3.8, 4) is 0 Å². The van der Waals surface area contributed by atoms with Crippen LogP contribution in [0.5, 0.6) is 0 Å². The van der Waals surface area contributed by atoms with E-state index in [2.05, 4.69) is 45.1 Å². The Morgan fingerprint density at radius 3 is 0.785 bits per heavy atom. The topological polar surface area (TPSA) is 78.9 Å². The third-order valence-corrected chi connectivity index (χ3v) is 12.9. The summed E-state index contributed by atoms with van der Waals surface area (Å²) in [6.45, 7) is 6.65. The molecule has 0 aromatic heterocycles. The number of carbonyl (C=O) groups excluding carboxylic acids is 3. The van der Waals surface area contributed by atoms with E-state index in [0.29, 0.717) is 19.3 Å². The van der Waals surface area contributed by atoms with Crippen molar-refractivity contribution in [1.82, 2.24) is 0 Å². The molecular formula is C59H110O6. The molecule has 1 atom stereocenters. The molecule has 0 unspecified atom stereocenters. The Hall–Kier alpha value is -2.11. The van der Waals surface area contributed by atoms with E-state index in [1.165, 1.54) is 212 Å².